The lowest BCUT2D eigenvalue weighted by Gasteiger charge is -2.06. The first-order valence-corrected chi connectivity index (χ1v) is 9.04. The number of carbonyl (C=O) groups excluding carboxylic acids is 1. The Labute approximate surface area is 149 Å². The first-order valence-electron chi connectivity index (χ1n) is 8.06. The van der Waals surface area contributed by atoms with E-state index in [1.54, 1.807) is 0 Å². The molecule has 1 heterocycles. The summed E-state index contributed by atoms with van der Waals surface area (Å²) in [5, 5.41) is 6.03. The zero-order valence-electron chi connectivity index (χ0n) is 13.7. The lowest BCUT2D eigenvalue weighted by atomic mass is 10.1. The van der Waals surface area contributed by atoms with Crippen LogP contribution in [0.5, 0.6) is 0 Å². The van der Waals surface area contributed by atoms with Crippen LogP contribution in [0.1, 0.15) is 5.56 Å². The van der Waals surface area contributed by atoms with E-state index in [0.717, 1.165) is 32.8 Å². The lowest BCUT2D eigenvalue weighted by Crippen LogP contribution is -2.14. The molecular weight excluding hydrogens is 330 g/mol. The number of hydrogen-bond donors (Lipinski definition) is 2. The predicted octanol–water partition coefficient (Wildman–Crippen LogP) is 4.76. The van der Waals surface area contributed by atoms with Gasteiger partial charge < -0.3 is 10.3 Å². The van der Waals surface area contributed by atoms with Crippen molar-refractivity contribution in [2.45, 2.75) is 12.1 Å². The summed E-state index contributed by atoms with van der Waals surface area (Å²) in [7, 11) is 0. The maximum atomic E-state index is 12.2. The minimum atomic E-state index is -0.0371. The highest BCUT2D eigenvalue weighted by Crippen LogP contribution is 2.24. The van der Waals surface area contributed by atoms with E-state index in [4.69, 9.17) is 0 Å². The number of anilines is 1. The van der Waals surface area contributed by atoms with Crippen LogP contribution in [0, 0.1) is 6.92 Å². The van der Waals surface area contributed by atoms with Crippen LogP contribution in [0.2, 0.25) is 0 Å². The molecule has 0 radical (unpaired) electrons. The van der Waals surface area contributed by atoms with Crippen molar-refractivity contribution in [1.82, 2.24) is 9.97 Å². The van der Waals surface area contributed by atoms with E-state index >= 15 is 0 Å². The third kappa shape index (κ3) is 3.37. The van der Waals surface area contributed by atoms with Gasteiger partial charge in [0.25, 0.3) is 0 Å². The van der Waals surface area contributed by atoms with Gasteiger partial charge in [0.1, 0.15) is 0 Å². The Morgan fingerprint density at radius 3 is 2.60 bits per heavy atom. The first-order chi connectivity index (χ1) is 12.2. The van der Waals surface area contributed by atoms with Gasteiger partial charge in [-0.15, -0.1) is 0 Å². The topological polar surface area (TPSA) is 57.8 Å². The van der Waals surface area contributed by atoms with E-state index in [2.05, 4.69) is 39.6 Å². The fourth-order valence-corrected chi connectivity index (χ4v) is 3.46. The fourth-order valence-electron chi connectivity index (χ4n) is 2.78. The molecule has 0 bridgehead atoms. The minimum Gasteiger partial charge on any atom is -0.333 e. The van der Waals surface area contributed by atoms with Crippen LogP contribution in [0.4, 0.5) is 5.69 Å². The Balaban J connectivity index is 1.48. The monoisotopic (exact) mass is 347 g/mol. The number of thioether (sulfide) groups is 1. The summed E-state index contributed by atoms with van der Waals surface area (Å²) in [6, 6.07) is 20.1. The molecule has 4 nitrogen and oxygen atoms in total. The molecule has 1 aromatic heterocycles. The Bertz CT molecular complexity index is 1020. The van der Waals surface area contributed by atoms with E-state index in [1.807, 2.05) is 43.3 Å². The van der Waals surface area contributed by atoms with Gasteiger partial charge in [0.05, 0.1) is 16.8 Å². The summed E-state index contributed by atoms with van der Waals surface area (Å²) >= 11 is 1.41. The van der Waals surface area contributed by atoms with Gasteiger partial charge in [0, 0.05) is 5.69 Å². The quantitative estimate of drug-likeness (QED) is 0.524. The van der Waals surface area contributed by atoms with E-state index < -0.39 is 0 Å². The number of aryl methyl sites for hydroxylation is 1. The molecule has 25 heavy (non-hydrogen) atoms. The number of amides is 1. The molecule has 0 spiro atoms. The third-order valence-corrected chi connectivity index (χ3v) is 4.96. The molecule has 124 valence electrons. The number of aromatic amines is 1. The molecule has 0 unspecified atom stereocenters. The summed E-state index contributed by atoms with van der Waals surface area (Å²) in [5.41, 5.74) is 3.81. The molecule has 0 aliphatic rings. The molecule has 0 saturated carbocycles. The second kappa shape index (κ2) is 6.61. The van der Waals surface area contributed by atoms with Crippen molar-refractivity contribution < 1.29 is 4.79 Å². The van der Waals surface area contributed by atoms with Crippen LogP contribution in [0.25, 0.3) is 21.8 Å². The van der Waals surface area contributed by atoms with Crippen molar-refractivity contribution in [1.29, 1.82) is 0 Å². The second-order valence-corrected chi connectivity index (χ2v) is 6.87. The first kappa shape index (κ1) is 15.7. The summed E-state index contributed by atoms with van der Waals surface area (Å²) < 4.78 is 0. The Morgan fingerprint density at radius 2 is 1.80 bits per heavy atom. The SMILES string of the molecule is Cc1ccccc1NC(=O)CSc1nc2cc3ccccc3cc2[nH]1. The van der Waals surface area contributed by atoms with Gasteiger partial charge in [-0.05, 0) is 41.5 Å². The fraction of sp³-hybridized carbons (Fsp3) is 0.100. The van der Waals surface area contributed by atoms with E-state index in [-0.39, 0.29) is 5.91 Å². The van der Waals surface area contributed by atoms with Gasteiger partial charge in [-0.25, -0.2) is 4.98 Å². The van der Waals surface area contributed by atoms with Gasteiger partial charge >= 0.3 is 0 Å². The average molecular weight is 347 g/mol. The summed E-state index contributed by atoms with van der Waals surface area (Å²) in [5.74, 6) is 0.276. The lowest BCUT2D eigenvalue weighted by molar-refractivity contribution is -0.113. The molecule has 3 aromatic carbocycles. The van der Waals surface area contributed by atoms with Crippen LogP contribution in [0.3, 0.4) is 0 Å². The molecule has 0 fully saturated rings. The number of nitrogens with zero attached hydrogens (tertiary/aromatic N) is 1. The summed E-state index contributed by atoms with van der Waals surface area (Å²) in [6.07, 6.45) is 0. The van der Waals surface area contributed by atoms with Crippen molar-refractivity contribution in [2.24, 2.45) is 0 Å². The zero-order valence-corrected chi connectivity index (χ0v) is 14.6. The molecular formula is C20H17N3OS. The Morgan fingerprint density at radius 1 is 1.08 bits per heavy atom. The zero-order chi connectivity index (χ0) is 17.2. The summed E-state index contributed by atoms with van der Waals surface area (Å²) in [4.78, 5) is 20.0. The Hall–Kier alpha value is -2.79. The molecule has 2 N–H and O–H groups in total. The summed E-state index contributed by atoms with van der Waals surface area (Å²) in [6.45, 7) is 1.98. The molecule has 4 aromatic rings. The van der Waals surface area contributed by atoms with Crippen LogP contribution in [-0.2, 0) is 4.79 Å². The van der Waals surface area contributed by atoms with Gasteiger partial charge in [0.15, 0.2) is 5.16 Å². The predicted molar refractivity (Wildman–Crippen MR) is 104 cm³/mol. The van der Waals surface area contributed by atoms with Crippen molar-refractivity contribution in [3.05, 3.63) is 66.2 Å². The molecule has 0 saturated heterocycles. The van der Waals surface area contributed by atoms with E-state index in [9.17, 15) is 4.79 Å². The van der Waals surface area contributed by atoms with Crippen LogP contribution >= 0.6 is 11.8 Å². The number of aromatic nitrogens is 2. The Kier molecular flexibility index (Phi) is 4.15. The highest BCUT2D eigenvalue weighted by molar-refractivity contribution is 7.99. The number of hydrogen-bond acceptors (Lipinski definition) is 3. The largest absolute Gasteiger partial charge is 0.333 e. The number of benzene rings is 3. The molecule has 0 atom stereocenters. The van der Waals surface area contributed by atoms with Crippen LogP contribution < -0.4 is 5.32 Å². The molecule has 0 aliphatic heterocycles. The van der Waals surface area contributed by atoms with E-state index in [1.165, 1.54) is 17.1 Å². The standard InChI is InChI=1S/C20H17N3OS/c1-13-6-2-5-9-16(13)21-19(24)12-25-20-22-17-10-14-7-3-4-8-15(14)11-18(17)23-20/h2-11H,12H2,1H3,(H,21,24)(H,22,23). The maximum absolute atomic E-state index is 12.2. The smallest absolute Gasteiger partial charge is 0.234 e. The number of carbonyl (C=O) groups is 1. The van der Waals surface area contributed by atoms with Gasteiger partial charge in [-0.1, -0.05) is 54.2 Å². The minimum absolute atomic E-state index is 0.0371. The van der Waals surface area contributed by atoms with Crippen molar-refractivity contribution in [3.63, 3.8) is 0 Å². The average Bonchev–Trinajstić information content (AvgIpc) is 3.01. The van der Waals surface area contributed by atoms with Crippen molar-refractivity contribution in [2.75, 3.05) is 11.1 Å². The number of fused-ring (bicyclic) bond motifs is 2. The van der Waals surface area contributed by atoms with Crippen molar-refractivity contribution >= 4 is 45.2 Å². The highest BCUT2D eigenvalue weighted by Gasteiger charge is 2.09. The highest BCUT2D eigenvalue weighted by atomic mass is 32.2. The third-order valence-electron chi connectivity index (χ3n) is 4.09. The molecule has 0 aliphatic carbocycles. The van der Waals surface area contributed by atoms with Crippen molar-refractivity contribution in [3.8, 4) is 0 Å². The molecule has 5 heteroatoms. The number of nitrogens with one attached hydrogen (secondary N) is 2. The maximum Gasteiger partial charge on any atom is 0.234 e. The van der Waals surface area contributed by atoms with Gasteiger partial charge in [0.2, 0.25) is 5.91 Å². The number of rotatable bonds is 4. The molecule has 4 rings (SSSR count). The van der Waals surface area contributed by atoms with E-state index in [0.29, 0.717) is 5.75 Å². The van der Waals surface area contributed by atoms with Crippen LogP contribution in [0.15, 0.2) is 65.8 Å². The van der Waals surface area contributed by atoms with Gasteiger partial charge in [-0.2, -0.15) is 0 Å². The number of para-hydroxylation sites is 1. The normalized spacial score (nSPS) is 11.1. The molecule has 1 amide bonds. The number of H-pyrrole nitrogens is 1. The van der Waals surface area contributed by atoms with Crippen LogP contribution in [-0.4, -0.2) is 21.6 Å². The number of imidazole rings is 1. The second-order valence-electron chi connectivity index (χ2n) is 5.91. The van der Waals surface area contributed by atoms with Gasteiger partial charge in [-0.3, -0.25) is 4.79 Å².